The van der Waals surface area contributed by atoms with Crippen molar-refractivity contribution in [2.24, 2.45) is 0 Å². The van der Waals surface area contributed by atoms with Gasteiger partial charge in [-0.2, -0.15) is 12.2 Å². The van der Waals surface area contributed by atoms with E-state index in [0.717, 1.165) is 27.7 Å². The maximum Gasteiger partial charge on any atom is 0.182 e. The molecular weight excluding hydrogens is 321 g/mol. The molecule has 0 spiro atoms. The molecule has 0 aliphatic carbocycles. The van der Waals surface area contributed by atoms with Crippen molar-refractivity contribution in [3.05, 3.63) is 36.4 Å². The van der Waals surface area contributed by atoms with Gasteiger partial charge in [0.2, 0.25) is 0 Å². The first kappa shape index (κ1) is 16.2. The van der Waals surface area contributed by atoms with Crippen LogP contribution in [0.3, 0.4) is 0 Å². The Labute approximate surface area is 136 Å². The molecule has 2 aromatic rings. The molecule has 21 heavy (non-hydrogen) atoms. The summed E-state index contributed by atoms with van der Waals surface area (Å²) in [5, 5.41) is 5.94. The number of nitrogens with one attached hydrogen (secondary N) is 2. The van der Waals surface area contributed by atoms with Crippen LogP contribution in [-0.2, 0) is 0 Å². The number of anilines is 1. The van der Waals surface area contributed by atoms with Crippen molar-refractivity contribution in [3.8, 4) is 10.4 Å². The summed E-state index contributed by atoms with van der Waals surface area (Å²) in [5.74, 6) is 0. The van der Waals surface area contributed by atoms with Crippen LogP contribution in [0.1, 0.15) is 5.56 Å². The third kappa shape index (κ3) is 3.95. The number of aromatic nitrogens is 2. The zero-order valence-electron chi connectivity index (χ0n) is 11.9. The SMILES string of the molecule is CNc1ncc(-c2cncc(C3=CN(C)NC3)c2)s1.PS. The maximum absolute atomic E-state index is 4.34. The molecule has 2 aromatic heterocycles. The van der Waals surface area contributed by atoms with E-state index in [1.165, 1.54) is 5.57 Å². The van der Waals surface area contributed by atoms with Crippen LogP contribution in [0.15, 0.2) is 30.9 Å². The number of thiazole rings is 1. The number of pyridine rings is 1. The second-order valence-corrected chi connectivity index (χ2v) is 5.37. The van der Waals surface area contributed by atoms with Crippen LogP contribution < -0.4 is 10.7 Å². The molecular formula is C13H18N5PS2. The van der Waals surface area contributed by atoms with Crippen molar-refractivity contribution >= 4 is 42.7 Å². The van der Waals surface area contributed by atoms with Crippen LogP contribution in [0.2, 0.25) is 0 Å². The van der Waals surface area contributed by atoms with Crippen molar-refractivity contribution in [3.63, 3.8) is 0 Å². The van der Waals surface area contributed by atoms with Crippen LogP contribution >= 0.6 is 32.0 Å². The van der Waals surface area contributed by atoms with Gasteiger partial charge in [0, 0.05) is 51.0 Å². The molecule has 0 saturated carbocycles. The average Bonchev–Trinajstić information content (AvgIpc) is 3.18. The number of hydrazine groups is 1. The van der Waals surface area contributed by atoms with Crippen LogP contribution in [0.25, 0.3) is 16.0 Å². The highest BCUT2D eigenvalue weighted by molar-refractivity contribution is 8.31. The van der Waals surface area contributed by atoms with E-state index in [1.54, 1.807) is 11.3 Å². The molecule has 112 valence electrons. The van der Waals surface area contributed by atoms with Crippen LogP contribution in [-0.4, -0.2) is 35.6 Å². The van der Waals surface area contributed by atoms with E-state index < -0.39 is 0 Å². The van der Waals surface area contributed by atoms with Gasteiger partial charge in [-0.25, -0.2) is 10.4 Å². The molecule has 0 bridgehead atoms. The highest BCUT2D eigenvalue weighted by Gasteiger charge is 2.12. The molecule has 1 unspecified atom stereocenters. The first-order chi connectivity index (χ1) is 10.3. The summed E-state index contributed by atoms with van der Waals surface area (Å²) in [5.41, 5.74) is 6.73. The minimum atomic E-state index is 0.839. The van der Waals surface area contributed by atoms with E-state index >= 15 is 0 Å². The predicted octanol–water partition coefficient (Wildman–Crippen LogP) is 2.74. The van der Waals surface area contributed by atoms with Gasteiger partial charge in [-0.05, 0) is 17.2 Å². The third-order valence-corrected chi connectivity index (χ3v) is 4.05. The zero-order chi connectivity index (χ0) is 15.2. The molecule has 2 N–H and O–H groups in total. The van der Waals surface area contributed by atoms with Crippen LogP contribution in [0.4, 0.5) is 5.13 Å². The molecule has 0 fully saturated rings. The fraction of sp³-hybridized carbons (Fsp3) is 0.231. The van der Waals surface area contributed by atoms with Crippen molar-refractivity contribution in [1.29, 1.82) is 0 Å². The lowest BCUT2D eigenvalue weighted by atomic mass is 10.1. The number of hydrogen-bond acceptors (Lipinski definition) is 7. The highest BCUT2D eigenvalue weighted by atomic mass is 32.7. The van der Waals surface area contributed by atoms with Gasteiger partial charge in [0.25, 0.3) is 0 Å². The van der Waals surface area contributed by atoms with E-state index in [1.807, 2.05) is 37.7 Å². The fourth-order valence-corrected chi connectivity index (χ4v) is 2.74. The Kier molecular flexibility index (Phi) is 5.99. The monoisotopic (exact) mass is 339 g/mol. The van der Waals surface area contributed by atoms with Gasteiger partial charge in [-0.3, -0.25) is 4.98 Å². The quantitative estimate of drug-likeness (QED) is 0.593. The molecule has 8 heteroatoms. The predicted molar refractivity (Wildman–Crippen MR) is 97.3 cm³/mol. The lowest BCUT2D eigenvalue weighted by Crippen LogP contribution is -2.23. The molecule has 3 heterocycles. The second kappa shape index (κ2) is 7.75. The molecule has 1 aliphatic rings. The molecule has 5 nitrogen and oxygen atoms in total. The first-order valence-electron chi connectivity index (χ1n) is 6.28. The Morgan fingerprint density at radius 3 is 2.71 bits per heavy atom. The number of rotatable bonds is 3. The standard InChI is InChI=1S/C13H15N5S.H3PS/c1-14-13-16-7-12(19-13)10-3-9(4-15-5-10)11-6-17-18(2)8-11;1-2/h3-5,7-8,17H,6H2,1-2H3,(H,14,16);2H,1H2. The highest BCUT2D eigenvalue weighted by Crippen LogP contribution is 2.30. The normalized spacial score (nSPS) is 13.5. The summed E-state index contributed by atoms with van der Waals surface area (Å²) >= 11 is 5.07. The van der Waals surface area contributed by atoms with Gasteiger partial charge in [0.05, 0.1) is 4.88 Å². The van der Waals surface area contributed by atoms with Gasteiger partial charge in [-0.1, -0.05) is 19.8 Å². The van der Waals surface area contributed by atoms with Crippen molar-refractivity contribution in [1.82, 2.24) is 20.4 Å². The molecule has 1 aliphatic heterocycles. The smallest absolute Gasteiger partial charge is 0.182 e. The summed E-state index contributed by atoms with van der Waals surface area (Å²) in [4.78, 5) is 9.76. The van der Waals surface area contributed by atoms with Crippen LogP contribution in [0, 0.1) is 0 Å². The lowest BCUT2D eigenvalue weighted by molar-refractivity contribution is 0.374. The van der Waals surface area contributed by atoms with Gasteiger partial charge < -0.3 is 10.3 Å². The summed E-state index contributed by atoms with van der Waals surface area (Å²) in [7, 11) is 5.98. The minimum absolute atomic E-state index is 0.839. The first-order valence-corrected chi connectivity index (χ1v) is 9.16. The number of hydrogen-bond donors (Lipinski definition) is 3. The number of nitrogens with zero attached hydrogens (tertiary/aromatic N) is 3. The molecule has 1 atom stereocenters. The Morgan fingerprint density at radius 1 is 1.33 bits per heavy atom. The topological polar surface area (TPSA) is 53.1 Å². The summed E-state index contributed by atoms with van der Waals surface area (Å²) in [6.45, 7) is 0.839. The fourth-order valence-electron chi connectivity index (χ4n) is 1.98. The number of thiol groups is 1. The Hall–Kier alpha value is -1.14. The summed E-state index contributed by atoms with van der Waals surface area (Å²) in [6, 6.07) is 2.16. The molecule has 0 amide bonds. The van der Waals surface area contributed by atoms with Gasteiger partial charge in [0.1, 0.15) is 0 Å². The van der Waals surface area contributed by atoms with Crippen molar-refractivity contribution < 1.29 is 0 Å². The summed E-state index contributed by atoms with van der Waals surface area (Å²) < 4.78 is 0. The van der Waals surface area contributed by atoms with E-state index in [4.69, 9.17) is 0 Å². The van der Waals surface area contributed by atoms with E-state index in [2.05, 4.69) is 53.7 Å². The van der Waals surface area contributed by atoms with Crippen molar-refractivity contribution in [2.75, 3.05) is 26.0 Å². The van der Waals surface area contributed by atoms with E-state index in [9.17, 15) is 0 Å². The Bertz CT molecular complexity index is 629. The Balaban J connectivity index is 0.000000774. The maximum atomic E-state index is 4.34. The molecule has 0 aromatic carbocycles. The lowest BCUT2D eigenvalue weighted by Gasteiger charge is -2.04. The van der Waals surface area contributed by atoms with E-state index in [-0.39, 0.29) is 0 Å². The second-order valence-electron chi connectivity index (χ2n) is 4.34. The average molecular weight is 339 g/mol. The largest absolute Gasteiger partial charge is 0.365 e. The van der Waals surface area contributed by atoms with Gasteiger partial charge in [-0.15, -0.1) is 0 Å². The molecule has 0 radical (unpaired) electrons. The van der Waals surface area contributed by atoms with Crippen LogP contribution in [0.5, 0.6) is 0 Å². The van der Waals surface area contributed by atoms with Crippen molar-refractivity contribution in [2.45, 2.75) is 0 Å². The van der Waals surface area contributed by atoms with Gasteiger partial charge >= 0.3 is 0 Å². The molecule has 0 saturated heterocycles. The third-order valence-electron chi connectivity index (χ3n) is 2.98. The summed E-state index contributed by atoms with van der Waals surface area (Å²) in [6.07, 6.45) is 7.75. The minimum Gasteiger partial charge on any atom is -0.365 e. The van der Waals surface area contributed by atoms with E-state index in [0.29, 0.717) is 0 Å². The zero-order valence-corrected chi connectivity index (χ0v) is 14.7. The molecule has 3 rings (SSSR count). The van der Waals surface area contributed by atoms with Gasteiger partial charge in [0.15, 0.2) is 5.13 Å². The Morgan fingerprint density at radius 2 is 2.10 bits per heavy atom.